The summed E-state index contributed by atoms with van der Waals surface area (Å²) in [5.41, 5.74) is 3.96. The average Bonchev–Trinajstić information content (AvgIpc) is 2.46. The standard InChI is InChI=1S/C18H32N2O/c1-9-18(10-2,20(6)7)17(19-5)15-11-14(4)16(21-8)12-13(15)3/h11-12,17,19H,9-10H2,1-8H3. The maximum atomic E-state index is 5.45. The van der Waals surface area contributed by atoms with Gasteiger partial charge in [-0.15, -0.1) is 0 Å². The third-order valence-corrected chi connectivity index (χ3v) is 5.04. The van der Waals surface area contributed by atoms with E-state index in [1.807, 2.05) is 0 Å². The summed E-state index contributed by atoms with van der Waals surface area (Å²) in [5, 5.41) is 3.57. The lowest BCUT2D eigenvalue weighted by atomic mass is 9.78. The summed E-state index contributed by atoms with van der Waals surface area (Å²) in [6.07, 6.45) is 2.21. The van der Waals surface area contributed by atoms with E-state index < -0.39 is 0 Å². The molecule has 0 spiro atoms. The van der Waals surface area contributed by atoms with Crippen LogP contribution >= 0.6 is 0 Å². The van der Waals surface area contributed by atoms with Gasteiger partial charge in [-0.3, -0.25) is 0 Å². The van der Waals surface area contributed by atoms with Crippen LogP contribution in [-0.4, -0.2) is 38.7 Å². The average molecular weight is 292 g/mol. The molecule has 0 saturated heterocycles. The zero-order chi connectivity index (χ0) is 16.2. The third-order valence-electron chi connectivity index (χ3n) is 5.04. The van der Waals surface area contributed by atoms with Crippen LogP contribution in [0.4, 0.5) is 0 Å². The van der Waals surface area contributed by atoms with Gasteiger partial charge in [-0.05, 0) is 70.6 Å². The fourth-order valence-electron chi connectivity index (χ4n) is 3.61. The molecule has 0 aliphatic heterocycles. The highest BCUT2D eigenvalue weighted by Crippen LogP contribution is 2.38. The summed E-state index contributed by atoms with van der Waals surface area (Å²) in [7, 11) is 8.17. The maximum Gasteiger partial charge on any atom is 0.122 e. The molecule has 1 N–H and O–H groups in total. The Hall–Kier alpha value is -1.06. The molecule has 0 radical (unpaired) electrons. The Bertz CT molecular complexity index is 465. The zero-order valence-electron chi connectivity index (χ0n) is 15.0. The number of methoxy groups -OCH3 is 1. The van der Waals surface area contributed by atoms with Crippen LogP contribution in [0.3, 0.4) is 0 Å². The summed E-state index contributed by atoms with van der Waals surface area (Å²) in [6.45, 7) is 8.84. The van der Waals surface area contributed by atoms with E-state index in [9.17, 15) is 0 Å². The predicted octanol–water partition coefficient (Wildman–Crippen LogP) is 3.69. The number of benzene rings is 1. The summed E-state index contributed by atoms with van der Waals surface area (Å²) in [6, 6.07) is 4.73. The Kier molecular flexibility index (Phi) is 6.24. The molecule has 0 bridgehead atoms. The monoisotopic (exact) mass is 292 g/mol. The van der Waals surface area contributed by atoms with Crippen LogP contribution in [0.25, 0.3) is 0 Å². The molecule has 0 heterocycles. The number of hydrogen-bond acceptors (Lipinski definition) is 3. The Balaban J connectivity index is 3.42. The first-order valence-corrected chi connectivity index (χ1v) is 7.87. The van der Waals surface area contributed by atoms with Crippen LogP contribution < -0.4 is 10.1 Å². The third kappa shape index (κ3) is 3.24. The minimum absolute atomic E-state index is 0.112. The summed E-state index contributed by atoms with van der Waals surface area (Å²) in [4.78, 5) is 2.37. The Morgan fingerprint density at radius 1 is 1.14 bits per heavy atom. The normalized spacial score (nSPS) is 13.6. The molecule has 1 aromatic carbocycles. The van der Waals surface area contributed by atoms with Gasteiger partial charge in [0.15, 0.2) is 0 Å². The van der Waals surface area contributed by atoms with E-state index in [1.165, 1.54) is 16.7 Å². The Morgan fingerprint density at radius 2 is 1.71 bits per heavy atom. The smallest absolute Gasteiger partial charge is 0.122 e. The highest BCUT2D eigenvalue weighted by molar-refractivity contribution is 5.44. The fraction of sp³-hybridized carbons (Fsp3) is 0.667. The van der Waals surface area contributed by atoms with Gasteiger partial charge < -0.3 is 15.0 Å². The van der Waals surface area contributed by atoms with E-state index >= 15 is 0 Å². The van der Waals surface area contributed by atoms with Gasteiger partial charge in [0.05, 0.1) is 13.2 Å². The fourth-order valence-corrected chi connectivity index (χ4v) is 3.61. The van der Waals surface area contributed by atoms with E-state index in [0.717, 1.165) is 18.6 Å². The zero-order valence-corrected chi connectivity index (χ0v) is 15.0. The molecule has 0 amide bonds. The topological polar surface area (TPSA) is 24.5 Å². The first kappa shape index (κ1) is 18.0. The van der Waals surface area contributed by atoms with E-state index in [0.29, 0.717) is 6.04 Å². The maximum absolute atomic E-state index is 5.45. The van der Waals surface area contributed by atoms with Gasteiger partial charge in [-0.2, -0.15) is 0 Å². The molecule has 0 saturated carbocycles. The Morgan fingerprint density at radius 3 is 2.10 bits per heavy atom. The second-order valence-electron chi connectivity index (χ2n) is 6.11. The molecule has 1 rings (SSSR count). The largest absolute Gasteiger partial charge is 0.496 e. The van der Waals surface area contributed by atoms with Crippen LogP contribution in [0.1, 0.15) is 49.4 Å². The van der Waals surface area contributed by atoms with Crippen molar-refractivity contribution < 1.29 is 4.74 Å². The molecule has 3 nitrogen and oxygen atoms in total. The first-order chi connectivity index (χ1) is 9.87. The molecule has 1 aromatic rings. The van der Waals surface area contributed by atoms with E-state index in [1.54, 1.807) is 7.11 Å². The van der Waals surface area contributed by atoms with Crippen molar-refractivity contribution in [2.75, 3.05) is 28.3 Å². The van der Waals surface area contributed by atoms with E-state index in [-0.39, 0.29) is 5.54 Å². The number of rotatable bonds is 7. The van der Waals surface area contributed by atoms with Crippen molar-refractivity contribution in [3.63, 3.8) is 0 Å². The molecule has 3 heteroatoms. The lowest BCUT2D eigenvalue weighted by molar-refractivity contribution is 0.0914. The van der Waals surface area contributed by atoms with Crippen LogP contribution in [-0.2, 0) is 0 Å². The Labute approximate surface area is 130 Å². The second kappa shape index (κ2) is 7.28. The molecule has 0 aromatic heterocycles. The van der Waals surface area contributed by atoms with Crippen molar-refractivity contribution in [2.24, 2.45) is 0 Å². The van der Waals surface area contributed by atoms with Gasteiger partial charge >= 0.3 is 0 Å². The van der Waals surface area contributed by atoms with Crippen LogP contribution in [0.15, 0.2) is 12.1 Å². The highest BCUT2D eigenvalue weighted by Gasteiger charge is 2.38. The van der Waals surface area contributed by atoms with Crippen molar-refractivity contribution in [1.29, 1.82) is 0 Å². The molecule has 21 heavy (non-hydrogen) atoms. The highest BCUT2D eigenvalue weighted by atomic mass is 16.5. The number of ether oxygens (including phenoxy) is 1. The molecule has 1 atom stereocenters. The summed E-state index contributed by atoms with van der Waals surface area (Å²) in [5.74, 6) is 0.967. The quantitative estimate of drug-likeness (QED) is 0.829. The molecule has 0 aliphatic carbocycles. The molecule has 1 unspecified atom stereocenters. The lowest BCUT2D eigenvalue weighted by Crippen LogP contribution is -2.52. The number of hydrogen-bond donors (Lipinski definition) is 1. The molecule has 0 fully saturated rings. The first-order valence-electron chi connectivity index (χ1n) is 7.87. The van der Waals surface area contributed by atoms with Gasteiger partial charge in [0.2, 0.25) is 0 Å². The van der Waals surface area contributed by atoms with Gasteiger partial charge in [0, 0.05) is 5.54 Å². The van der Waals surface area contributed by atoms with E-state index in [4.69, 9.17) is 4.74 Å². The van der Waals surface area contributed by atoms with Gasteiger partial charge in [-0.1, -0.05) is 19.9 Å². The predicted molar refractivity (Wildman–Crippen MR) is 91.3 cm³/mol. The number of nitrogens with one attached hydrogen (secondary N) is 1. The van der Waals surface area contributed by atoms with Crippen LogP contribution in [0.2, 0.25) is 0 Å². The van der Waals surface area contributed by atoms with E-state index in [2.05, 4.69) is 71.2 Å². The van der Waals surface area contributed by atoms with Crippen molar-refractivity contribution in [3.05, 3.63) is 28.8 Å². The lowest BCUT2D eigenvalue weighted by Gasteiger charge is -2.46. The summed E-state index contributed by atoms with van der Waals surface area (Å²) >= 11 is 0. The SMILES string of the molecule is CCC(CC)(C(NC)c1cc(C)c(OC)cc1C)N(C)C. The molecular formula is C18H32N2O. The van der Waals surface area contributed by atoms with Crippen LogP contribution in [0, 0.1) is 13.8 Å². The second-order valence-corrected chi connectivity index (χ2v) is 6.11. The van der Waals surface area contributed by atoms with Crippen molar-refractivity contribution in [1.82, 2.24) is 10.2 Å². The van der Waals surface area contributed by atoms with Gasteiger partial charge in [0.25, 0.3) is 0 Å². The molecular weight excluding hydrogens is 260 g/mol. The van der Waals surface area contributed by atoms with Crippen molar-refractivity contribution in [3.8, 4) is 5.75 Å². The minimum atomic E-state index is 0.112. The number of nitrogens with zero attached hydrogens (tertiary/aromatic N) is 1. The van der Waals surface area contributed by atoms with Gasteiger partial charge in [-0.25, -0.2) is 0 Å². The number of likely N-dealkylation sites (N-methyl/N-ethyl adjacent to an activating group) is 2. The van der Waals surface area contributed by atoms with Crippen molar-refractivity contribution in [2.45, 2.75) is 52.1 Å². The molecule has 0 aliphatic rings. The minimum Gasteiger partial charge on any atom is -0.496 e. The summed E-state index contributed by atoms with van der Waals surface area (Å²) < 4.78 is 5.45. The molecule has 120 valence electrons. The number of aryl methyl sites for hydroxylation is 2. The van der Waals surface area contributed by atoms with Crippen LogP contribution in [0.5, 0.6) is 5.75 Å². The van der Waals surface area contributed by atoms with Gasteiger partial charge in [0.1, 0.15) is 5.75 Å². The van der Waals surface area contributed by atoms with Crippen molar-refractivity contribution >= 4 is 0 Å².